The van der Waals surface area contributed by atoms with E-state index < -0.39 is 5.60 Å². The number of likely N-dealkylation sites (tertiary alicyclic amines) is 1. The van der Waals surface area contributed by atoms with E-state index in [0.717, 1.165) is 55.4 Å². The van der Waals surface area contributed by atoms with Gasteiger partial charge in [-0.25, -0.2) is 4.98 Å². The summed E-state index contributed by atoms with van der Waals surface area (Å²) in [7, 11) is 5.37. The smallest absolute Gasteiger partial charge is 0.141 e. The quantitative estimate of drug-likeness (QED) is 0.875. The lowest BCUT2D eigenvalue weighted by Crippen LogP contribution is -2.58. The zero-order valence-electron chi connectivity index (χ0n) is 16.4. The summed E-state index contributed by atoms with van der Waals surface area (Å²) in [5.74, 6) is 2.89. The number of hydrogen-bond donors (Lipinski definition) is 1. The fourth-order valence-electron chi connectivity index (χ4n) is 5.10. The van der Waals surface area contributed by atoms with Crippen molar-refractivity contribution in [1.82, 2.24) is 14.5 Å². The van der Waals surface area contributed by atoms with E-state index in [1.54, 1.807) is 20.4 Å². The van der Waals surface area contributed by atoms with Crippen molar-refractivity contribution in [2.24, 2.45) is 18.9 Å². The molecule has 27 heavy (non-hydrogen) atoms. The molecule has 2 aromatic rings. The van der Waals surface area contributed by atoms with Gasteiger partial charge in [-0.05, 0) is 25.0 Å². The third-order valence-electron chi connectivity index (χ3n) is 6.40. The zero-order chi connectivity index (χ0) is 19.0. The molecular formula is C21H29N3O3. The minimum absolute atomic E-state index is 0.187. The summed E-state index contributed by atoms with van der Waals surface area (Å²) in [5.41, 5.74) is 0.237. The first-order chi connectivity index (χ1) is 13.1. The summed E-state index contributed by atoms with van der Waals surface area (Å²) in [6.07, 6.45) is 6.94. The summed E-state index contributed by atoms with van der Waals surface area (Å²) in [6.45, 7) is 2.46. The van der Waals surface area contributed by atoms with Crippen molar-refractivity contribution in [3.63, 3.8) is 0 Å². The van der Waals surface area contributed by atoms with Gasteiger partial charge in [0.05, 0.1) is 19.8 Å². The van der Waals surface area contributed by atoms with Crippen LogP contribution in [0.25, 0.3) is 0 Å². The lowest BCUT2D eigenvalue weighted by molar-refractivity contribution is -0.155. The largest absolute Gasteiger partial charge is 0.496 e. The van der Waals surface area contributed by atoms with Gasteiger partial charge in [-0.3, -0.25) is 4.90 Å². The number of nitrogens with zero attached hydrogens (tertiary/aromatic N) is 3. The van der Waals surface area contributed by atoms with Crippen molar-refractivity contribution in [2.75, 3.05) is 27.3 Å². The molecule has 1 saturated heterocycles. The molecular weight excluding hydrogens is 342 g/mol. The Morgan fingerprint density at radius 2 is 1.78 bits per heavy atom. The molecule has 2 unspecified atom stereocenters. The molecule has 6 heteroatoms. The van der Waals surface area contributed by atoms with Crippen LogP contribution in [0.5, 0.6) is 11.5 Å². The highest BCUT2D eigenvalue weighted by Gasteiger charge is 2.53. The van der Waals surface area contributed by atoms with Gasteiger partial charge in [0.25, 0.3) is 0 Å². The van der Waals surface area contributed by atoms with Crippen LogP contribution in [0, 0.1) is 11.8 Å². The van der Waals surface area contributed by atoms with Crippen molar-refractivity contribution in [1.29, 1.82) is 0 Å². The van der Waals surface area contributed by atoms with Crippen molar-refractivity contribution >= 4 is 0 Å². The lowest BCUT2D eigenvalue weighted by Gasteiger charge is -2.52. The van der Waals surface area contributed by atoms with Crippen LogP contribution in [-0.2, 0) is 19.2 Å². The van der Waals surface area contributed by atoms with E-state index in [1.807, 2.05) is 36.0 Å². The molecule has 1 N–H and O–H groups in total. The second-order valence-corrected chi connectivity index (χ2v) is 7.85. The summed E-state index contributed by atoms with van der Waals surface area (Å²) in [6, 6.07) is 5.91. The molecule has 0 radical (unpaired) electrons. The predicted molar refractivity (Wildman–Crippen MR) is 103 cm³/mol. The van der Waals surface area contributed by atoms with E-state index in [1.165, 1.54) is 6.42 Å². The van der Waals surface area contributed by atoms with Crippen LogP contribution in [-0.4, -0.2) is 46.9 Å². The van der Waals surface area contributed by atoms with Gasteiger partial charge in [-0.1, -0.05) is 12.5 Å². The zero-order valence-corrected chi connectivity index (χ0v) is 16.4. The van der Waals surface area contributed by atoms with Crippen LogP contribution in [0.2, 0.25) is 0 Å². The SMILES string of the molecule is COc1cccc(OC)c1CN1CC2CCCC(C1)C2(O)c1nccn1C. The molecule has 2 bridgehead atoms. The van der Waals surface area contributed by atoms with Crippen molar-refractivity contribution in [3.8, 4) is 11.5 Å². The Morgan fingerprint density at radius 3 is 2.30 bits per heavy atom. The van der Waals surface area contributed by atoms with Gasteiger partial charge in [-0.15, -0.1) is 0 Å². The van der Waals surface area contributed by atoms with Crippen LogP contribution >= 0.6 is 0 Å². The summed E-state index contributed by atoms with van der Waals surface area (Å²) >= 11 is 0. The normalized spacial score (nSPS) is 28.1. The van der Waals surface area contributed by atoms with Gasteiger partial charge in [0.15, 0.2) is 0 Å². The molecule has 4 rings (SSSR count). The number of rotatable bonds is 5. The van der Waals surface area contributed by atoms with Crippen LogP contribution in [0.3, 0.4) is 0 Å². The van der Waals surface area contributed by atoms with Crippen LogP contribution < -0.4 is 9.47 Å². The third kappa shape index (κ3) is 3.01. The summed E-state index contributed by atoms with van der Waals surface area (Å²) < 4.78 is 13.1. The van der Waals surface area contributed by atoms with Crippen LogP contribution in [0.1, 0.15) is 30.7 Å². The number of aromatic nitrogens is 2. The van der Waals surface area contributed by atoms with Gasteiger partial charge in [-0.2, -0.15) is 0 Å². The maximum absolute atomic E-state index is 11.7. The number of aliphatic hydroxyl groups is 1. The second-order valence-electron chi connectivity index (χ2n) is 7.85. The van der Waals surface area contributed by atoms with Crippen molar-refractivity contribution in [2.45, 2.75) is 31.4 Å². The highest BCUT2D eigenvalue weighted by molar-refractivity contribution is 5.44. The van der Waals surface area contributed by atoms with Crippen LogP contribution in [0.4, 0.5) is 0 Å². The van der Waals surface area contributed by atoms with E-state index in [0.29, 0.717) is 0 Å². The van der Waals surface area contributed by atoms with Crippen molar-refractivity contribution < 1.29 is 14.6 Å². The van der Waals surface area contributed by atoms with E-state index in [2.05, 4.69) is 9.88 Å². The van der Waals surface area contributed by atoms with Crippen LogP contribution in [0.15, 0.2) is 30.6 Å². The van der Waals surface area contributed by atoms with Gasteiger partial charge >= 0.3 is 0 Å². The fraction of sp³-hybridized carbons (Fsp3) is 0.571. The maximum Gasteiger partial charge on any atom is 0.141 e. The number of methoxy groups -OCH3 is 2. The third-order valence-corrected chi connectivity index (χ3v) is 6.40. The standard InChI is InChI=1S/C21H29N3O3/c1-23-11-10-22-20(23)21(25)15-6-4-7-16(21)13-24(12-15)14-17-18(26-2)8-5-9-19(17)27-3/h5,8-11,15-16,25H,4,6-7,12-14H2,1-3H3. The minimum Gasteiger partial charge on any atom is -0.496 e. The number of fused-ring (bicyclic) bond motifs is 2. The highest BCUT2D eigenvalue weighted by atomic mass is 16.5. The topological polar surface area (TPSA) is 59.8 Å². The number of hydrogen-bond acceptors (Lipinski definition) is 5. The molecule has 6 nitrogen and oxygen atoms in total. The van der Waals surface area contributed by atoms with Gasteiger partial charge < -0.3 is 19.1 Å². The number of ether oxygens (including phenoxy) is 2. The molecule has 1 saturated carbocycles. The van der Waals surface area contributed by atoms with Gasteiger partial charge in [0, 0.05) is 50.9 Å². The molecule has 2 aliphatic rings. The Balaban J connectivity index is 1.61. The molecule has 146 valence electrons. The first kappa shape index (κ1) is 18.3. The molecule has 1 aromatic carbocycles. The highest BCUT2D eigenvalue weighted by Crippen LogP contribution is 2.49. The molecule has 2 fully saturated rings. The second kappa shape index (κ2) is 7.17. The Hall–Kier alpha value is -2.05. The maximum atomic E-state index is 11.7. The number of piperidine rings is 1. The molecule has 1 aliphatic heterocycles. The molecule has 2 heterocycles. The number of aryl methyl sites for hydroxylation is 1. The molecule has 0 spiro atoms. The Bertz CT molecular complexity index is 767. The van der Waals surface area contributed by atoms with E-state index in [4.69, 9.17) is 9.47 Å². The Labute approximate surface area is 160 Å². The first-order valence-corrected chi connectivity index (χ1v) is 9.70. The monoisotopic (exact) mass is 371 g/mol. The van der Waals surface area contributed by atoms with E-state index in [9.17, 15) is 5.11 Å². The van der Waals surface area contributed by atoms with E-state index in [-0.39, 0.29) is 11.8 Å². The van der Waals surface area contributed by atoms with E-state index >= 15 is 0 Å². The Morgan fingerprint density at radius 1 is 1.15 bits per heavy atom. The molecule has 1 aliphatic carbocycles. The molecule has 1 aromatic heterocycles. The molecule has 0 amide bonds. The number of benzene rings is 1. The number of imidazole rings is 1. The fourth-order valence-corrected chi connectivity index (χ4v) is 5.10. The van der Waals surface area contributed by atoms with Crippen molar-refractivity contribution in [3.05, 3.63) is 42.0 Å². The van der Waals surface area contributed by atoms with Gasteiger partial charge in [0.1, 0.15) is 22.9 Å². The van der Waals surface area contributed by atoms with Gasteiger partial charge in [0.2, 0.25) is 0 Å². The summed E-state index contributed by atoms with van der Waals surface area (Å²) in [5, 5.41) is 11.7. The first-order valence-electron chi connectivity index (χ1n) is 9.70. The average molecular weight is 371 g/mol. The predicted octanol–water partition coefficient (Wildman–Crippen LogP) is 2.56. The minimum atomic E-state index is -0.835. The lowest BCUT2D eigenvalue weighted by atomic mass is 9.65. The Kier molecular flexibility index (Phi) is 4.86. The summed E-state index contributed by atoms with van der Waals surface area (Å²) in [4.78, 5) is 6.95. The molecule has 2 atom stereocenters. The average Bonchev–Trinajstić information content (AvgIpc) is 3.09.